The molecule has 3 nitrogen and oxygen atoms in total. The van der Waals surface area contributed by atoms with Crippen molar-refractivity contribution in [2.24, 2.45) is 0 Å². The summed E-state index contributed by atoms with van der Waals surface area (Å²) in [4.78, 5) is 0. The second-order valence-electron chi connectivity index (χ2n) is 3.81. The molecule has 0 saturated carbocycles. The van der Waals surface area contributed by atoms with Gasteiger partial charge in [-0.05, 0) is 35.4 Å². The summed E-state index contributed by atoms with van der Waals surface area (Å²) in [6, 6.07) is 10.4. The van der Waals surface area contributed by atoms with Crippen LogP contribution in [0.15, 0.2) is 36.4 Å². The number of hydrogen-bond donors (Lipinski definition) is 1. The van der Waals surface area contributed by atoms with E-state index in [0.717, 1.165) is 5.56 Å². The van der Waals surface area contributed by atoms with Crippen LogP contribution in [0.4, 0.5) is 10.1 Å². The molecular formula is C14H14FNO2. The van der Waals surface area contributed by atoms with Gasteiger partial charge in [-0.15, -0.1) is 0 Å². The zero-order valence-corrected chi connectivity index (χ0v) is 10.2. The molecule has 4 heteroatoms. The van der Waals surface area contributed by atoms with E-state index in [1.807, 2.05) is 24.3 Å². The van der Waals surface area contributed by atoms with Gasteiger partial charge in [0.1, 0.15) is 17.2 Å². The number of anilines is 1. The summed E-state index contributed by atoms with van der Waals surface area (Å²) in [6.07, 6.45) is 0. The maximum Gasteiger partial charge on any atom is 0.150 e. The Hall–Kier alpha value is -2.23. The lowest BCUT2D eigenvalue weighted by molar-refractivity contribution is 0.414. The van der Waals surface area contributed by atoms with Crippen LogP contribution in [-0.2, 0) is 0 Å². The highest BCUT2D eigenvalue weighted by Gasteiger charge is 2.10. The molecule has 0 aliphatic carbocycles. The average Bonchev–Trinajstić information content (AvgIpc) is 2.41. The first kappa shape index (κ1) is 12.2. The van der Waals surface area contributed by atoms with Crippen molar-refractivity contribution in [1.29, 1.82) is 0 Å². The Morgan fingerprint density at radius 3 is 2.44 bits per heavy atom. The van der Waals surface area contributed by atoms with Gasteiger partial charge in [0, 0.05) is 0 Å². The number of rotatable bonds is 3. The topological polar surface area (TPSA) is 44.5 Å². The van der Waals surface area contributed by atoms with Gasteiger partial charge < -0.3 is 15.2 Å². The van der Waals surface area contributed by atoms with E-state index in [1.54, 1.807) is 13.2 Å². The molecule has 0 unspecified atom stereocenters. The SMILES string of the molecule is COc1cccc(-c2cc(F)c(N)c(OC)c2)c1. The maximum atomic E-state index is 13.7. The minimum Gasteiger partial charge on any atom is -0.497 e. The summed E-state index contributed by atoms with van der Waals surface area (Å²) in [5, 5.41) is 0. The standard InChI is InChI=1S/C14H14FNO2/c1-17-11-5-3-4-9(6-11)10-7-12(15)14(16)13(8-10)18-2/h3-8H,16H2,1-2H3. The molecule has 0 spiro atoms. The molecule has 0 saturated heterocycles. The molecule has 94 valence electrons. The van der Waals surface area contributed by atoms with Gasteiger partial charge in [-0.25, -0.2) is 4.39 Å². The molecule has 2 rings (SSSR count). The van der Waals surface area contributed by atoms with Gasteiger partial charge in [0.25, 0.3) is 0 Å². The Labute approximate surface area is 105 Å². The van der Waals surface area contributed by atoms with Gasteiger partial charge >= 0.3 is 0 Å². The van der Waals surface area contributed by atoms with Gasteiger partial charge in [-0.3, -0.25) is 0 Å². The van der Waals surface area contributed by atoms with Gasteiger partial charge in [-0.1, -0.05) is 12.1 Å². The normalized spacial score (nSPS) is 10.2. The third kappa shape index (κ3) is 2.22. The van der Waals surface area contributed by atoms with E-state index >= 15 is 0 Å². The van der Waals surface area contributed by atoms with Crippen LogP contribution in [-0.4, -0.2) is 14.2 Å². The van der Waals surface area contributed by atoms with Crippen LogP contribution in [0.25, 0.3) is 11.1 Å². The van der Waals surface area contributed by atoms with Crippen molar-refractivity contribution in [3.05, 3.63) is 42.2 Å². The summed E-state index contributed by atoms with van der Waals surface area (Å²) < 4.78 is 23.8. The fraction of sp³-hybridized carbons (Fsp3) is 0.143. The molecule has 0 radical (unpaired) electrons. The predicted octanol–water partition coefficient (Wildman–Crippen LogP) is 3.09. The zero-order valence-electron chi connectivity index (χ0n) is 10.2. The number of nitrogen functional groups attached to an aromatic ring is 1. The summed E-state index contributed by atoms with van der Waals surface area (Å²) in [7, 11) is 3.05. The highest BCUT2D eigenvalue weighted by atomic mass is 19.1. The highest BCUT2D eigenvalue weighted by Crippen LogP contribution is 2.32. The summed E-state index contributed by atoms with van der Waals surface area (Å²) >= 11 is 0. The lowest BCUT2D eigenvalue weighted by Gasteiger charge is -2.10. The monoisotopic (exact) mass is 247 g/mol. The second-order valence-corrected chi connectivity index (χ2v) is 3.81. The number of benzene rings is 2. The number of hydrogen-bond acceptors (Lipinski definition) is 3. The zero-order chi connectivity index (χ0) is 13.1. The van der Waals surface area contributed by atoms with Gasteiger partial charge in [0.15, 0.2) is 5.82 Å². The van der Waals surface area contributed by atoms with Crippen LogP contribution in [0.3, 0.4) is 0 Å². The van der Waals surface area contributed by atoms with Crippen molar-refractivity contribution < 1.29 is 13.9 Å². The molecule has 0 atom stereocenters. The number of ether oxygens (including phenoxy) is 2. The minimum absolute atomic E-state index is 0.0177. The first-order valence-electron chi connectivity index (χ1n) is 5.43. The molecule has 0 amide bonds. The van der Waals surface area contributed by atoms with Crippen LogP contribution >= 0.6 is 0 Å². The Morgan fingerprint density at radius 2 is 1.78 bits per heavy atom. The molecule has 2 aromatic carbocycles. The van der Waals surface area contributed by atoms with Crippen molar-refractivity contribution in [3.8, 4) is 22.6 Å². The van der Waals surface area contributed by atoms with Crippen LogP contribution in [0.2, 0.25) is 0 Å². The van der Waals surface area contributed by atoms with E-state index in [-0.39, 0.29) is 5.69 Å². The van der Waals surface area contributed by atoms with Crippen molar-refractivity contribution in [1.82, 2.24) is 0 Å². The van der Waals surface area contributed by atoms with E-state index in [9.17, 15) is 4.39 Å². The molecule has 18 heavy (non-hydrogen) atoms. The number of halogens is 1. The Kier molecular flexibility index (Phi) is 3.37. The molecule has 2 aromatic rings. The third-order valence-corrected chi connectivity index (χ3v) is 2.71. The average molecular weight is 247 g/mol. The smallest absolute Gasteiger partial charge is 0.150 e. The highest BCUT2D eigenvalue weighted by molar-refractivity contribution is 5.71. The summed E-state index contributed by atoms with van der Waals surface area (Å²) in [6.45, 7) is 0. The fourth-order valence-corrected chi connectivity index (χ4v) is 1.73. The van der Waals surface area contributed by atoms with Crippen molar-refractivity contribution in [3.63, 3.8) is 0 Å². The van der Waals surface area contributed by atoms with E-state index in [1.165, 1.54) is 13.2 Å². The third-order valence-electron chi connectivity index (χ3n) is 2.71. The summed E-state index contributed by atoms with van der Waals surface area (Å²) in [5.74, 6) is 0.545. The Bertz CT molecular complexity index is 570. The van der Waals surface area contributed by atoms with E-state index in [4.69, 9.17) is 15.2 Å². The van der Waals surface area contributed by atoms with Crippen LogP contribution in [0.1, 0.15) is 0 Å². The second kappa shape index (κ2) is 4.96. The van der Waals surface area contributed by atoms with E-state index < -0.39 is 5.82 Å². The van der Waals surface area contributed by atoms with Crippen molar-refractivity contribution in [2.75, 3.05) is 20.0 Å². The Morgan fingerprint density at radius 1 is 1.00 bits per heavy atom. The molecule has 2 N–H and O–H groups in total. The van der Waals surface area contributed by atoms with Crippen LogP contribution in [0.5, 0.6) is 11.5 Å². The number of methoxy groups -OCH3 is 2. The molecule has 0 aromatic heterocycles. The van der Waals surface area contributed by atoms with Gasteiger partial charge in [0.2, 0.25) is 0 Å². The first-order valence-corrected chi connectivity index (χ1v) is 5.43. The maximum absolute atomic E-state index is 13.7. The first-order chi connectivity index (χ1) is 8.65. The fourth-order valence-electron chi connectivity index (χ4n) is 1.73. The van der Waals surface area contributed by atoms with Crippen molar-refractivity contribution >= 4 is 5.69 Å². The molecule has 0 fully saturated rings. The van der Waals surface area contributed by atoms with Gasteiger partial charge in [-0.2, -0.15) is 0 Å². The van der Waals surface area contributed by atoms with Crippen LogP contribution < -0.4 is 15.2 Å². The lowest BCUT2D eigenvalue weighted by Crippen LogP contribution is -1.96. The van der Waals surface area contributed by atoms with Crippen LogP contribution in [0, 0.1) is 5.82 Å². The minimum atomic E-state index is -0.493. The molecule has 0 aliphatic rings. The molecule has 0 aliphatic heterocycles. The number of nitrogens with two attached hydrogens (primary N) is 1. The molecular weight excluding hydrogens is 233 g/mol. The summed E-state index contributed by atoms with van der Waals surface area (Å²) in [5.41, 5.74) is 7.12. The quantitative estimate of drug-likeness (QED) is 0.848. The molecule has 0 bridgehead atoms. The molecule has 0 heterocycles. The predicted molar refractivity (Wildman–Crippen MR) is 69.4 cm³/mol. The van der Waals surface area contributed by atoms with Crippen molar-refractivity contribution in [2.45, 2.75) is 0 Å². The lowest BCUT2D eigenvalue weighted by atomic mass is 10.0. The Balaban J connectivity index is 2.53. The van der Waals surface area contributed by atoms with E-state index in [0.29, 0.717) is 17.1 Å². The largest absolute Gasteiger partial charge is 0.497 e. The van der Waals surface area contributed by atoms with Gasteiger partial charge in [0.05, 0.1) is 14.2 Å². The van der Waals surface area contributed by atoms with E-state index in [2.05, 4.69) is 0 Å².